The van der Waals surface area contributed by atoms with E-state index in [1.165, 1.54) is 0 Å². The standard InChI is InChI=1S/C25H27N3O3/c1-30-22-12-6-5-11-21(22)25-24(26-14-15-27-25)19-8-7-16-28(18-19)23(29)13-17-31-20-9-3-2-4-10-20/h2-6,9-12,14-15,19H,7-8,13,16-18H2,1H3. The predicted octanol–water partition coefficient (Wildman–Crippen LogP) is 4.33. The van der Waals surface area contributed by atoms with Crippen LogP contribution in [-0.2, 0) is 4.79 Å². The quantitative estimate of drug-likeness (QED) is 0.573. The Bertz CT molecular complexity index is 1010. The molecule has 1 aromatic heterocycles. The van der Waals surface area contributed by atoms with Gasteiger partial charge in [-0.1, -0.05) is 30.3 Å². The number of amides is 1. The van der Waals surface area contributed by atoms with Crippen molar-refractivity contribution in [2.45, 2.75) is 25.2 Å². The number of methoxy groups -OCH3 is 1. The number of likely N-dealkylation sites (tertiary alicyclic amines) is 1. The third kappa shape index (κ3) is 5.02. The molecule has 0 N–H and O–H groups in total. The van der Waals surface area contributed by atoms with E-state index >= 15 is 0 Å². The highest BCUT2D eigenvalue weighted by atomic mass is 16.5. The van der Waals surface area contributed by atoms with Crippen molar-refractivity contribution in [2.75, 3.05) is 26.8 Å². The Labute approximate surface area is 182 Å². The van der Waals surface area contributed by atoms with Crippen molar-refractivity contribution in [1.82, 2.24) is 14.9 Å². The van der Waals surface area contributed by atoms with E-state index < -0.39 is 0 Å². The Balaban J connectivity index is 1.45. The summed E-state index contributed by atoms with van der Waals surface area (Å²) < 4.78 is 11.2. The van der Waals surface area contributed by atoms with Gasteiger partial charge in [-0.25, -0.2) is 0 Å². The average molecular weight is 418 g/mol. The number of hydrogen-bond acceptors (Lipinski definition) is 5. The number of piperidine rings is 1. The van der Waals surface area contributed by atoms with Crippen molar-refractivity contribution in [3.8, 4) is 22.8 Å². The van der Waals surface area contributed by atoms with Crippen molar-refractivity contribution in [3.05, 3.63) is 72.7 Å². The van der Waals surface area contributed by atoms with E-state index in [0.29, 0.717) is 19.6 Å². The maximum Gasteiger partial charge on any atom is 0.226 e. The van der Waals surface area contributed by atoms with Gasteiger partial charge in [0.25, 0.3) is 0 Å². The van der Waals surface area contributed by atoms with Crippen molar-refractivity contribution in [3.63, 3.8) is 0 Å². The fraction of sp³-hybridized carbons (Fsp3) is 0.320. The molecule has 1 aliphatic heterocycles. The number of para-hydroxylation sites is 2. The molecular weight excluding hydrogens is 390 g/mol. The Hall–Kier alpha value is -3.41. The monoisotopic (exact) mass is 417 g/mol. The third-order valence-corrected chi connectivity index (χ3v) is 5.58. The van der Waals surface area contributed by atoms with Crippen LogP contribution in [0.1, 0.15) is 30.9 Å². The minimum atomic E-state index is 0.114. The summed E-state index contributed by atoms with van der Waals surface area (Å²) in [6.07, 6.45) is 5.71. The summed E-state index contributed by atoms with van der Waals surface area (Å²) in [6.45, 7) is 1.79. The van der Waals surface area contributed by atoms with Crippen molar-refractivity contribution >= 4 is 5.91 Å². The van der Waals surface area contributed by atoms with Gasteiger partial charge in [-0.3, -0.25) is 14.8 Å². The van der Waals surface area contributed by atoms with Crippen LogP contribution in [0.25, 0.3) is 11.3 Å². The second-order valence-corrected chi connectivity index (χ2v) is 7.58. The van der Waals surface area contributed by atoms with Crippen LogP contribution >= 0.6 is 0 Å². The molecule has 0 saturated carbocycles. The third-order valence-electron chi connectivity index (χ3n) is 5.58. The molecule has 3 aromatic rings. The number of carbonyl (C=O) groups excluding carboxylic acids is 1. The lowest BCUT2D eigenvalue weighted by Gasteiger charge is -2.33. The normalized spacial score (nSPS) is 16.0. The van der Waals surface area contributed by atoms with Crippen molar-refractivity contribution < 1.29 is 14.3 Å². The van der Waals surface area contributed by atoms with Gasteiger partial charge in [-0.05, 0) is 37.1 Å². The molecule has 1 saturated heterocycles. The maximum absolute atomic E-state index is 12.8. The molecule has 1 fully saturated rings. The van der Waals surface area contributed by atoms with Gasteiger partial charge in [0.1, 0.15) is 11.5 Å². The lowest BCUT2D eigenvalue weighted by Crippen LogP contribution is -2.40. The second kappa shape index (κ2) is 10.1. The van der Waals surface area contributed by atoms with Gasteiger partial charge in [-0.2, -0.15) is 0 Å². The van der Waals surface area contributed by atoms with Crippen LogP contribution in [0, 0.1) is 0 Å². The number of hydrogen-bond donors (Lipinski definition) is 0. The molecule has 6 nitrogen and oxygen atoms in total. The van der Waals surface area contributed by atoms with E-state index in [1.54, 1.807) is 19.5 Å². The van der Waals surface area contributed by atoms with Crippen molar-refractivity contribution in [1.29, 1.82) is 0 Å². The lowest BCUT2D eigenvalue weighted by atomic mass is 9.91. The zero-order valence-electron chi connectivity index (χ0n) is 17.7. The molecule has 160 valence electrons. The van der Waals surface area contributed by atoms with Gasteiger partial charge in [-0.15, -0.1) is 0 Å². The van der Waals surface area contributed by atoms with E-state index in [0.717, 1.165) is 47.8 Å². The molecule has 1 amide bonds. The maximum atomic E-state index is 12.8. The lowest BCUT2D eigenvalue weighted by molar-refractivity contribution is -0.132. The topological polar surface area (TPSA) is 64.6 Å². The summed E-state index contributed by atoms with van der Waals surface area (Å²) in [5, 5.41) is 0. The van der Waals surface area contributed by atoms with E-state index in [1.807, 2.05) is 59.5 Å². The summed E-state index contributed by atoms with van der Waals surface area (Å²) in [4.78, 5) is 24.0. The average Bonchev–Trinajstić information content (AvgIpc) is 2.84. The second-order valence-electron chi connectivity index (χ2n) is 7.58. The smallest absolute Gasteiger partial charge is 0.226 e. The molecule has 1 atom stereocenters. The van der Waals surface area contributed by atoms with Crippen LogP contribution in [0.2, 0.25) is 0 Å². The van der Waals surface area contributed by atoms with Gasteiger partial charge in [0.15, 0.2) is 0 Å². The first-order valence-electron chi connectivity index (χ1n) is 10.7. The van der Waals surface area contributed by atoms with E-state index in [9.17, 15) is 4.79 Å². The Morgan fingerprint density at radius 3 is 2.68 bits per heavy atom. The van der Waals surface area contributed by atoms with Crippen LogP contribution in [0.15, 0.2) is 67.0 Å². The van der Waals surface area contributed by atoms with E-state index in [4.69, 9.17) is 9.47 Å². The summed E-state index contributed by atoms with van der Waals surface area (Å²) in [7, 11) is 1.66. The van der Waals surface area contributed by atoms with Crippen molar-refractivity contribution in [2.24, 2.45) is 0 Å². The highest BCUT2D eigenvalue weighted by Crippen LogP contribution is 2.35. The molecule has 6 heteroatoms. The fourth-order valence-corrected chi connectivity index (χ4v) is 4.05. The van der Waals surface area contributed by atoms with Gasteiger partial charge in [0, 0.05) is 37.0 Å². The molecule has 2 heterocycles. The summed E-state index contributed by atoms with van der Waals surface area (Å²) >= 11 is 0. The highest BCUT2D eigenvalue weighted by Gasteiger charge is 2.28. The highest BCUT2D eigenvalue weighted by molar-refractivity contribution is 5.76. The number of ether oxygens (including phenoxy) is 2. The number of nitrogens with zero attached hydrogens (tertiary/aromatic N) is 3. The zero-order valence-corrected chi connectivity index (χ0v) is 17.7. The summed E-state index contributed by atoms with van der Waals surface area (Å²) in [5.74, 6) is 1.81. The van der Waals surface area contributed by atoms with E-state index in [-0.39, 0.29) is 11.8 Å². The molecule has 31 heavy (non-hydrogen) atoms. The van der Waals surface area contributed by atoms with Gasteiger partial charge in [0.05, 0.1) is 31.5 Å². The zero-order chi connectivity index (χ0) is 21.5. The first-order chi connectivity index (χ1) is 15.3. The number of benzene rings is 2. The van der Waals surface area contributed by atoms with Gasteiger partial charge in [0.2, 0.25) is 5.91 Å². The Morgan fingerprint density at radius 1 is 1.06 bits per heavy atom. The summed E-state index contributed by atoms with van der Waals surface area (Å²) in [6, 6.07) is 17.4. The minimum Gasteiger partial charge on any atom is -0.496 e. The number of carbonyl (C=O) groups is 1. The fourth-order valence-electron chi connectivity index (χ4n) is 4.05. The molecule has 2 aromatic carbocycles. The molecule has 0 spiro atoms. The van der Waals surface area contributed by atoms with Gasteiger partial charge < -0.3 is 14.4 Å². The Morgan fingerprint density at radius 2 is 1.84 bits per heavy atom. The molecular formula is C25H27N3O3. The largest absolute Gasteiger partial charge is 0.496 e. The molecule has 1 aliphatic rings. The summed E-state index contributed by atoms with van der Waals surface area (Å²) in [5.41, 5.74) is 2.67. The molecule has 1 unspecified atom stereocenters. The molecule has 0 aliphatic carbocycles. The molecule has 4 rings (SSSR count). The van der Waals surface area contributed by atoms with Crippen LogP contribution < -0.4 is 9.47 Å². The molecule has 0 radical (unpaired) electrons. The SMILES string of the molecule is COc1ccccc1-c1nccnc1C1CCCN(C(=O)CCOc2ccccc2)C1. The van der Waals surface area contributed by atoms with Gasteiger partial charge >= 0.3 is 0 Å². The van der Waals surface area contributed by atoms with Crippen LogP contribution in [-0.4, -0.2) is 47.6 Å². The van der Waals surface area contributed by atoms with E-state index in [2.05, 4.69) is 9.97 Å². The number of rotatable bonds is 7. The predicted molar refractivity (Wildman–Crippen MR) is 119 cm³/mol. The first-order valence-corrected chi connectivity index (χ1v) is 10.7. The molecule has 0 bridgehead atoms. The van der Waals surface area contributed by atoms with Crippen LogP contribution in [0.3, 0.4) is 0 Å². The number of aromatic nitrogens is 2. The van der Waals surface area contributed by atoms with Crippen LogP contribution in [0.5, 0.6) is 11.5 Å². The first kappa shape index (κ1) is 20.8. The minimum absolute atomic E-state index is 0.114. The Kier molecular flexibility index (Phi) is 6.77. The van der Waals surface area contributed by atoms with Crippen LogP contribution in [0.4, 0.5) is 0 Å².